The van der Waals surface area contributed by atoms with Gasteiger partial charge in [-0.2, -0.15) is 0 Å². The van der Waals surface area contributed by atoms with Gasteiger partial charge < -0.3 is 10.3 Å². The average molecular weight is 280 g/mol. The van der Waals surface area contributed by atoms with Crippen LogP contribution in [0, 0.1) is 5.41 Å². The van der Waals surface area contributed by atoms with Gasteiger partial charge in [-0.1, -0.05) is 32.4 Å². The first-order chi connectivity index (χ1) is 8.76. The third-order valence-corrected chi connectivity index (χ3v) is 3.49. The normalized spacial score (nSPS) is 14.0. The number of benzene rings is 1. The lowest BCUT2D eigenvalue weighted by Gasteiger charge is -2.22. The molecule has 1 aromatic heterocycles. The highest BCUT2D eigenvalue weighted by atomic mass is 35.5. The number of nitrogens with zero attached hydrogens (tertiary/aromatic N) is 2. The first kappa shape index (κ1) is 14.4. The molecule has 0 spiro atoms. The van der Waals surface area contributed by atoms with Gasteiger partial charge in [0, 0.05) is 24.5 Å². The Morgan fingerprint density at radius 1 is 1.37 bits per heavy atom. The zero-order chi connectivity index (χ0) is 14.2. The fraction of sp³-hybridized carbons (Fsp3) is 0.533. The van der Waals surface area contributed by atoms with E-state index in [-0.39, 0.29) is 11.5 Å². The number of imidazole rings is 1. The molecule has 0 aliphatic carbocycles. The van der Waals surface area contributed by atoms with Crippen LogP contribution in [0.4, 0.5) is 0 Å². The highest BCUT2D eigenvalue weighted by molar-refractivity contribution is 6.31. The number of fused-ring (bicyclic) bond motifs is 1. The predicted octanol–water partition coefficient (Wildman–Crippen LogP) is 3.53. The minimum absolute atomic E-state index is 0.131. The summed E-state index contributed by atoms with van der Waals surface area (Å²) in [6.07, 6.45) is 1.77. The van der Waals surface area contributed by atoms with E-state index in [2.05, 4.69) is 30.3 Å². The number of nitrogens with two attached hydrogens (primary N) is 1. The molecule has 2 N–H and O–H groups in total. The third-order valence-electron chi connectivity index (χ3n) is 3.25. The van der Waals surface area contributed by atoms with Crippen molar-refractivity contribution in [3.8, 4) is 0 Å². The van der Waals surface area contributed by atoms with Crippen LogP contribution < -0.4 is 5.73 Å². The molecule has 0 amide bonds. The van der Waals surface area contributed by atoms with Crippen LogP contribution in [-0.2, 0) is 13.5 Å². The molecule has 0 aliphatic rings. The lowest BCUT2D eigenvalue weighted by Crippen LogP contribution is -2.29. The second-order valence-corrected chi connectivity index (χ2v) is 6.89. The van der Waals surface area contributed by atoms with Gasteiger partial charge in [0.2, 0.25) is 0 Å². The summed E-state index contributed by atoms with van der Waals surface area (Å²) in [5, 5.41) is 0.737. The van der Waals surface area contributed by atoms with Crippen LogP contribution >= 0.6 is 11.6 Å². The largest absolute Gasteiger partial charge is 0.331 e. The number of hydrogen-bond donors (Lipinski definition) is 1. The summed E-state index contributed by atoms with van der Waals surface area (Å²) in [6, 6.07) is 5.90. The molecule has 104 valence electrons. The van der Waals surface area contributed by atoms with Gasteiger partial charge in [0.15, 0.2) is 0 Å². The van der Waals surface area contributed by atoms with Crippen LogP contribution in [0.3, 0.4) is 0 Å². The number of halogens is 1. The standard InChI is InChI=1S/C15H22ClN3/c1-15(2,3)9-11(17)8-14-18-12-6-5-10(16)7-13(12)19(14)4/h5-7,11H,8-9,17H2,1-4H3. The maximum Gasteiger partial charge on any atom is 0.111 e. The van der Waals surface area contributed by atoms with E-state index in [0.29, 0.717) is 0 Å². The molecule has 1 aromatic carbocycles. The Bertz CT molecular complexity index is 581. The van der Waals surface area contributed by atoms with Crippen LogP contribution in [-0.4, -0.2) is 15.6 Å². The van der Waals surface area contributed by atoms with Gasteiger partial charge in [-0.25, -0.2) is 4.98 Å². The summed E-state index contributed by atoms with van der Waals surface area (Å²) in [7, 11) is 2.02. The fourth-order valence-corrected chi connectivity index (χ4v) is 2.66. The molecular formula is C15H22ClN3. The summed E-state index contributed by atoms with van der Waals surface area (Å²) < 4.78 is 2.09. The van der Waals surface area contributed by atoms with E-state index < -0.39 is 0 Å². The summed E-state index contributed by atoms with van der Waals surface area (Å²) in [4.78, 5) is 4.65. The Kier molecular flexibility index (Phi) is 3.88. The summed E-state index contributed by atoms with van der Waals surface area (Å²) >= 11 is 6.03. The van der Waals surface area contributed by atoms with Gasteiger partial charge in [0.1, 0.15) is 5.82 Å². The van der Waals surface area contributed by atoms with Gasteiger partial charge in [-0.3, -0.25) is 0 Å². The van der Waals surface area contributed by atoms with E-state index >= 15 is 0 Å². The predicted molar refractivity (Wildman–Crippen MR) is 81.5 cm³/mol. The molecule has 0 radical (unpaired) electrons. The van der Waals surface area contributed by atoms with E-state index in [4.69, 9.17) is 17.3 Å². The molecular weight excluding hydrogens is 258 g/mol. The van der Waals surface area contributed by atoms with Crippen LogP contribution in [0.25, 0.3) is 11.0 Å². The molecule has 1 heterocycles. The van der Waals surface area contributed by atoms with Crippen LogP contribution in [0.2, 0.25) is 5.02 Å². The first-order valence-electron chi connectivity index (χ1n) is 6.63. The Morgan fingerprint density at radius 3 is 2.68 bits per heavy atom. The van der Waals surface area contributed by atoms with E-state index in [9.17, 15) is 0 Å². The van der Waals surface area contributed by atoms with E-state index in [1.54, 1.807) is 0 Å². The van der Waals surface area contributed by atoms with Crippen molar-refractivity contribution in [1.29, 1.82) is 0 Å². The Balaban J connectivity index is 2.24. The third kappa shape index (κ3) is 3.48. The maximum absolute atomic E-state index is 6.23. The molecule has 2 aromatic rings. The molecule has 0 aliphatic heterocycles. The summed E-state index contributed by atoms with van der Waals surface area (Å²) in [5.74, 6) is 1.02. The van der Waals surface area contributed by atoms with Gasteiger partial charge in [-0.05, 0) is 30.0 Å². The molecule has 1 atom stereocenters. The summed E-state index contributed by atoms with van der Waals surface area (Å²) in [5.41, 5.74) is 8.51. The number of aryl methyl sites for hydroxylation is 1. The van der Waals surface area contributed by atoms with Gasteiger partial charge >= 0.3 is 0 Å². The van der Waals surface area contributed by atoms with Crippen LogP contribution in [0.15, 0.2) is 18.2 Å². The number of hydrogen-bond acceptors (Lipinski definition) is 2. The Hall–Kier alpha value is -1.06. The van der Waals surface area contributed by atoms with Crippen molar-refractivity contribution in [3.05, 3.63) is 29.0 Å². The molecule has 0 saturated carbocycles. The minimum Gasteiger partial charge on any atom is -0.331 e. The SMILES string of the molecule is Cn1c(CC(N)CC(C)(C)C)nc2ccc(Cl)cc21. The lowest BCUT2D eigenvalue weighted by atomic mass is 9.87. The van der Waals surface area contributed by atoms with E-state index in [1.165, 1.54) is 0 Å². The maximum atomic E-state index is 6.23. The molecule has 0 saturated heterocycles. The van der Waals surface area contributed by atoms with Crippen LogP contribution in [0.5, 0.6) is 0 Å². The van der Waals surface area contributed by atoms with Gasteiger partial charge in [0.25, 0.3) is 0 Å². The van der Waals surface area contributed by atoms with Crippen LogP contribution in [0.1, 0.15) is 33.0 Å². The van der Waals surface area contributed by atoms with Crippen molar-refractivity contribution >= 4 is 22.6 Å². The zero-order valence-electron chi connectivity index (χ0n) is 12.1. The van der Waals surface area contributed by atoms with Crippen molar-refractivity contribution in [3.63, 3.8) is 0 Å². The van der Waals surface area contributed by atoms with Crippen molar-refractivity contribution in [2.75, 3.05) is 0 Å². The number of aromatic nitrogens is 2. The number of rotatable bonds is 3. The highest BCUT2D eigenvalue weighted by Gasteiger charge is 2.18. The van der Waals surface area contributed by atoms with Gasteiger partial charge in [0.05, 0.1) is 11.0 Å². The quantitative estimate of drug-likeness (QED) is 0.934. The monoisotopic (exact) mass is 279 g/mol. The van der Waals surface area contributed by atoms with E-state index in [1.807, 2.05) is 25.2 Å². The second-order valence-electron chi connectivity index (χ2n) is 6.45. The molecule has 3 nitrogen and oxygen atoms in total. The van der Waals surface area contributed by atoms with Crippen molar-refractivity contribution in [2.24, 2.45) is 18.2 Å². The Labute approximate surface area is 119 Å². The minimum atomic E-state index is 0.131. The molecule has 4 heteroatoms. The summed E-state index contributed by atoms with van der Waals surface area (Å²) in [6.45, 7) is 6.63. The lowest BCUT2D eigenvalue weighted by molar-refractivity contribution is 0.335. The molecule has 1 unspecified atom stereocenters. The Morgan fingerprint density at radius 2 is 2.05 bits per heavy atom. The molecule has 0 bridgehead atoms. The fourth-order valence-electron chi connectivity index (χ4n) is 2.49. The first-order valence-corrected chi connectivity index (χ1v) is 7.00. The van der Waals surface area contributed by atoms with Gasteiger partial charge in [-0.15, -0.1) is 0 Å². The zero-order valence-corrected chi connectivity index (χ0v) is 12.8. The smallest absolute Gasteiger partial charge is 0.111 e. The van der Waals surface area contributed by atoms with Crippen molar-refractivity contribution in [1.82, 2.24) is 9.55 Å². The molecule has 0 fully saturated rings. The highest BCUT2D eigenvalue weighted by Crippen LogP contribution is 2.23. The topological polar surface area (TPSA) is 43.8 Å². The van der Waals surface area contributed by atoms with E-state index in [0.717, 1.165) is 34.7 Å². The van der Waals surface area contributed by atoms with Crippen molar-refractivity contribution < 1.29 is 0 Å². The molecule has 19 heavy (non-hydrogen) atoms. The second kappa shape index (κ2) is 5.14. The van der Waals surface area contributed by atoms with Crippen molar-refractivity contribution in [2.45, 2.75) is 39.7 Å². The molecule has 2 rings (SSSR count). The average Bonchev–Trinajstić information content (AvgIpc) is 2.54.